The highest BCUT2D eigenvalue weighted by molar-refractivity contribution is 9.10. The SMILES string of the molecule is Brc1cc2ccccc2c(Cc2ccccc2)n1. The van der Waals surface area contributed by atoms with Crippen LogP contribution in [0.5, 0.6) is 0 Å². The number of pyridine rings is 1. The molecule has 0 unspecified atom stereocenters. The van der Waals surface area contributed by atoms with E-state index < -0.39 is 0 Å². The van der Waals surface area contributed by atoms with Crippen LogP contribution in [0.4, 0.5) is 0 Å². The highest BCUT2D eigenvalue weighted by Gasteiger charge is 2.05. The number of hydrogen-bond acceptors (Lipinski definition) is 1. The summed E-state index contributed by atoms with van der Waals surface area (Å²) in [6, 6.07) is 20.9. The Balaban J connectivity index is 2.11. The van der Waals surface area contributed by atoms with Gasteiger partial charge in [0, 0.05) is 11.8 Å². The Morgan fingerprint density at radius 1 is 0.889 bits per heavy atom. The number of aromatic nitrogens is 1. The number of rotatable bonds is 2. The first kappa shape index (κ1) is 11.4. The van der Waals surface area contributed by atoms with Crippen molar-refractivity contribution >= 4 is 26.7 Å². The maximum absolute atomic E-state index is 4.61. The van der Waals surface area contributed by atoms with Crippen LogP contribution in [0.1, 0.15) is 11.3 Å². The van der Waals surface area contributed by atoms with Crippen LogP contribution in [0.15, 0.2) is 65.3 Å². The van der Waals surface area contributed by atoms with Gasteiger partial charge < -0.3 is 0 Å². The van der Waals surface area contributed by atoms with Gasteiger partial charge in [-0.05, 0) is 32.9 Å². The van der Waals surface area contributed by atoms with E-state index in [9.17, 15) is 0 Å². The Morgan fingerprint density at radius 2 is 1.61 bits per heavy atom. The van der Waals surface area contributed by atoms with Gasteiger partial charge in [0.25, 0.3) is 0 Å². The first-order valence-corrected chi connectivity index (χ1v) is 6.70. The van der Waals surface area contributed by atoms with Gasteiger partial charge in [0.15, 0.2) is 0 Å². The van der Waals surface area contributed by atoms with Crippen molar-refractivity contribution in [3.8, 4) is 0 Å². The molecular weight excluding hydrogens is 286 g/mol. The van der Waals surface area contributed by atoms with Gasteiger partial charge in [-0.2, -0.15) is 0 Å². The van der Waals surface area contributed by atoms with E-state index >= 15 is 0 Å². The third-order valence-electron chi connectivity index (χ3n) is 3.00. The molecule has 3 aromatic rings. The van der Waals surface area contributed by atoms with E-state index in [1.165, 1.54) is 16.3 Å². The lowest BCUT2D eigenvalue weighted by Gasteiger charge is -2.07. The molecule has 2 heteroatoms. The van der Waals surface area contributed by atoms with Gasteiger partial charge in [0.1, 0.15) is 4.60 Å². The van der Waals surface area contributed by atoms with Crippen molar-refractivity contribution in [1.29, 1.82) is 0 Å². The van der Waals surface area contributed by atoms with E-state index in [1.807, 2.05) is 6.07 Å². The average Bonchev–Trinajstić information content (AvgIpc) is 2.40. The third-order valence-corrected chi connectivity index (χ3v) is 3.41. The zero-order valence-electron chi connectivity index (χ0n) is 9.81. The minimum absolute atomic E-state index is 0.862. The number of benzene rings is 2. The molecule has 1 aromatic heterocycles. The van der Waals surface area contributed by atoms with Crippen LogP contribution in [0.3, 0.4) is 0 Å². The topological polar surface area (TPSA) is 12.9 Å². The molecule has 0 spiro atoms. The van der Waals surface area contributed by atoms with Crippen molar-refractivity contribution in [3.05, 3.63) is 76.5 Å². The maximum Gasteiger partial charge on any atom is 0.107 e. The molecule has 88 valence electrons. The largest absolute Gasteiger partial charge is 0.245 e. The fourth-order valence-corrected chi connectivity index (χ4v) is 2.62. The lowest BCUT2D eigenvalue weighted by molar-refractivity contribution is 1.08. The van der Waals surface area contributed by atoms with E-state index in [0.717, 1.165) is 16.7 Å². The fraction of sp³-hybridized carbons (Fsp3) is 0.0625. The van der Waals surface area contributed by atoms with Gasteiger partial charge in [0.05, 0.1) is 5.69 Å². The maximum atomic E-state index is 4.61. The van der Waals surface area contributed by atoms with Gasteiger partial charge in [-0.15, -0.1) is 0 Å². The molecule has 3 rings (SSSR count). The number of nitrogens with zero attached hydrogens (tertiary/aromatic N) is 1. The van der Waals surface area contributed by atoms with E-state index in [-0.39, 0.29) is 0 Å². The van der Waals surface area contributed by atoms with Crippen molar-refractivity contribution in [1.82, 2.24) is 4.98 Å². The molecular formula is C16H12BrN. The molecule has 0 bridgehead atoms. The summed E-state index contributed by atoms with van der Waals surface area (Å²) in [5.74, 6) is 0. The summed E-state index contributed by atoms with van der Waals surface area (Å²) < 4.78 is 0.895. The summed E-state index contributed by atoms with van der Waals surface area (Å²) in [4.78, 5) is 4.61. The van der Waals surface area contributed by atoms with Crippen LogP contribution in [-0.2, 0) is 6.42 Å². The predicted octanol–water partition coefficient (Wildman–Crippen LogP) is 4.59. The molecule has 18 heavy (non-hydrogen) atoms. The Hall–Kier alpha value is -1.67. The number of halogens is 1. The number of fused-ring (bicyclic) bond motifs is 1. The second kappa shape index (κ2) is 4.91. The molecule has 0 amide bonds. The second-order valence-electron chi connectivity index (χ2n) is 4.28. The summed E-state index contributed by atoms with van der Waals surface area (Å²) in [7, 11) is 0. The first-order chi connectivity index (χ1) is 8.83. The van der Waals surface area contributed by atoms with E-state index in [2.05, 4.69) is 75.5 Å². The van der Waals surface area contributed by atoms with E-state index in [0.29, 0.717) is 0 Å². The van der Waals surface area contributed by atoms with Crippen LogP contribution in [0, 0.1) is 0 Å². The van der Waals surface area contributed by atoms with Gasteiger partial charge in [-0.3, -0.25) is 0 Å². The molecule has 0 radical (unpaired) electrons. The molecule has 0 aliphatic heterocycles. The monoisotopic (exact) mass is 297 g/mol. The standard InChI is InChI=1S/C16H12BrN/c17-16-11-13-8-4-5-9-14(13)15(18-16)10-12-6-2-1-3-7-12/h1-9,11H,10H2. The van der Waals surface area contributed by atoms with E-state index in [1.54, 1.807) is 0 Å². The summed E-state index contributed by atoms with van der Waals surface area (Å²) in [6.45, 7) is 0. The molecule has 0 aliphatic rings. The lowest BCUT2D eigenvalue weighted by Crippen LogP contribution is -1.94. The quantitative estimate of drug-likeness (QED) is 0.631. The summed E-state index contributed by atoms with van der Waals surface area (Å²) in [5, 5.41) is 2.45. The van der Waals surface area contributed by atoms with Crippen molar-refractivity contribution in [2.24, 2.45) is 0 Å². The molecule has 1 heterocycles. The Kier molecular flexibility index (Phi) is 3.11. The molecule has 1 nitrogen and oxygen atoms in total. The zero-order valence-corrected chi connectivity index (χ0v) is 11.4. The highest BCUT2D eigenvalue weighted by atomic mass is 79.9. The van der Waals surface area contributed by atoms with Crippen LogP contribution in [0.25, 0.3) is 10.8 Å². The fourth-order valence-electron chi connectivity index (χ4n) is 2.16. The highest BCUT2D eigenvalue weighted by Crippen LogP contribution is 2.23. The van der Waals surface area contributed by atoms with Crippen LogP contribution in [0.2, 0.25) is 0 Å². The van der Waals surface area contributed by atoms with E-state index in [4.69, 9.17) is 0 Å². The van der Waals surface area contributed by atoms with Crippen LogP contribution >= 0.6 is 15.9 Å². The second-order valence-corrected chi connectivity index (χ2v) is 5.09. The molecule has 0 atom stereocenters. The van der Waals surface area contributed by atoms with Gasteiger partial charge in [0.2, 0.25) is 0 Å². The zero-order chi connectivity index (χ0) is 12.4. The third kappa shape index (κ3) is 2.29. The Morgan fingerprint density at radius 3 is 2.44 bits per heavy atom. The molecule has 0 aliphatic carbocycles. The minimum atomic E-state index is 0.862. The number of hydrogen-bond donors (Lipinski definition) is 0. The minimum Gasteiger partial charge on any atom is -0.245 e. The van der Waals surface area contributed by atoms with Gasteiger partial charge >= 0.3 is 0 Å². The van der Waals surface area contributed by atoms with Crippen LogP contribution in [-0.4, -0.2) is 4.98 Å². The average molecular weight is 298 g/mol. The molecule has 0 N–H and O–H groups in total. The normalized spacial score (nSPS) is 10.7. The molecule has 0 saturated carbocycles. The molecule has 0 fully saturated rings. The summed E-state index contributed by atoms with van der Waals surface area (Å²) in [5.41, 5.74) is 2.40. The predicted molar refractivity (Wildman–Crippen MR) is 78.7 cm³/mol. The summed E-state index contributed by atoms with van der Waals surface area (Å²) in [6.07, 6.45) is 0.862. The summed E-state index contributed by atoms with van der Waals surface area (Å²) >= 11 is 3.49. The molecule has 0 saturated heterocycles. The first-order valence-electron chi connectivity index (χ1n) is 5.91. The smallest absolute Gasteiger partial charge is 0.107 e. The Labute approximate surface area is 115 Å². The Bertz CT molecular complexity index is 677. The van der Waals surface area contributed by atoms with Crippen molar-refractivity contribution in [2.45, 2.75) is 6.42 Å². The van der Waals surface area contributed by atoms with Crippen molar-refractivity contribution in [2.75, 3.05) is 0 Å². The lowest BCUT2D eigenvalue weighted by atomic mass is 10.0. The van der Waals surface area contributed by atoms with Gasteiger partial charge in [-0.1, -0.05) is 54.6 Å². The van der Waals surface area contributed by atoms with Crippen molar-refractivity contribution in [3.63, 3.8) is 0 Å². The van der Waals surface area contributed by atoms with Crippen LogP contribution < -0.4 is 0 Å². The van der Waals surface area contributed by atoms with Crippen molar-refractivity contribution < 1.29 is 0 Å². The van der Waals surface area contributed by atoms with Gasteiger partial charge in [-0.25, -0.2) is 4.98 Å². The molecule has 2 aromatic carbocycles.